The largest absolute Gasteiger partial charge is 0.244 e. The molecule has 0 aliphatic carbocycles. The number of benzene rings is 2. The van der Waals surface area contributed by atoms with E-state index in [1.807, 2.05) is 0 Å². The lowest BCUT2D eigenvalue weighted by Gasteiger charge is -2.33. The zero-order valence-electron chi connectivity index (χ0n) is 14.1. The van der Waals surface area contributed by atoms with Gasteiger partial charge in [-0.05, 0) is 36.4 Å². The van der Waals surface area contributed by atoms with Crippen molar-refractivity contribution in [3.63, 3.8) is 0 Å². The average molecular weight is 504 g/mol. The molecule has 2 aromatic rings. The number of hydrogen-bond acceptors (Lipinski definition) is 4. The highest BCUT2D eigenvalue weighted by Crippen LogP contribution is 2.33. The Morgan fingerprint density at radius 2 is 1.11 bits per heavy atom. The van der Waals surface area contributed by atoms with E-state index < -0.39 is 20.0 Å². The summed E-state index contributed by atoms with van der Waals surface area (Å²) in [5.41, 5.74) is 0. The summed E-state index contributed by atoms with van der Waals surface area (Å²) in [6.45, 7) is -0.0380. The lowest BCUT2D eigenvalue weighted by molar-refractivity contribution is 0.273. The molecule has 0 amide bonds. The number of hydrogen-bond donors (Lipinski definition) is 0. The van der Waals surface area contributed by atoms with Crippen molar-refractivity contribution in [1.82, 2.24) is 8.61 Å². The van der Waals surface area contributed by atoms with Crippen molar-refractivity contribution in [1.29, 1.82) is 0 Å². The summed E-state index contributed by atoms with van der Waals surface area (Å²) in [7, 11) is -7.70. The number of sulfonamides is 2. The van der Waals surface area contributed by atoms with Crippen LogP contribution in [-0.2, 0) is 20.0 Å². The van der Waals surface area contributed by atoms with Gasteiger partial charge in [0.1, 0.15) is 4.90 Å². The van der Waals surface area contributed by atoms with Crippen molar-refractivity contribution < 1.29 is 16.8 Å². The molecule has 0 radical (unpaired) electrons. The molecule has 0 aromatic heterocycles. The van der Waals surface area contributed by atoms with Crippen LogP contribution in [0.25, 0.3) is 0 Å². The van der Waals surface area contributed by atoms with Gasteiger partial charge in [-0.3, -0.25) is 0 Å². The lowest BCUT2D eigenvalue weighted by Crippen LogP contribution is -2.50. The highest BCUT2D eigenvalue weighted by molar-refractivity contribution is 7.89. The third-order valence-electron chi connectivity index (χ3n) is 4.24. The zero-order chi connectivity index (χ0) is 20.7. The van der Waals surface area contributed by atoms with E-state index in [1.54, 1.807) is 0 Å². The minimum atomic E-state index is -3.95. The first kappa shape index (κ1) is 22.1. The zero-order valence-corrected chi connectivity index (χ0v) is 18.8. The Bertz CT molecular complexity index is 1100. The molecular formula is C16H14Cl4N2O4S2. The first-order valence-electron chi connectivity index (χ1n) is 7.94. The molecular weight excluding hydrogens is 490 g/mol. The summed E-state index contributed by atoms with van der Waals surface area (Å²) < 4.78 is 53.6. The number of rotatable bonds is 4. The Hall–Kier alpha value is -0.580. The third kappa shape index (κ3) is 4.29. The Kier molecular flexibility index (Phi) is 6.54. The standard InChI is InChI=1S/C16H14Cl4N2O4S2/c17-11-1-3-12(4-2-11)27(23,24)21-5-7-22(8-6-21)28(25,26)16-10-14(19)13(18)9-15(16)20/h1-4,9-10H,5-8H2. The maximum absolute atomic E-state index is 12.9. The molecule has 12 heteroatoms. The molecule has 1 aliphatic heterocycles. The fourth-order valence-corrected chi connectivity index (χ4v) is 6.69. The van der Waals surface area contributed by atoms with Crippen molar-refractivity contribution in [3.05, 3.63) is 56.5 Å². The predicted molar refractivity (Wildman–Crippen MR) is 110 cm³/mol. The van der Waals surface area contributed by atoms with Gasteiger partial charge in [-0.15, -0.1) is 0 Å². The van der Waals surface area contributed by atoms with E-state index in [9.17, 15) is 16.8 Å². The first-order chi connectivity index (χ1) is 13.0. The molecule has 0 spiro atoms. The Morgan fingerprint density at radius 1 is 0.643 bits per heavy atom. The van der Waals surface area contributed by atoms with E-state index in [0.29, 0.717) is 5.02 Å². The van der Waals surface area contributed by atoms with E-state index in [2.05, 4.69) is 0 Å². The first-order valence-corrected chi connectivity index (χ1v) is 12.3. The molecule has 3 rings (SSSR count). The predicted octanol–water partition coefficient (Wildman–Crippen LogP) is 4.00. The van der Waals surface area contributed by atoms with Crippen LogP contribution < -0.4 is 0 Å². The molecule has 6 nitrogen and oxygen atoms in total. The second kappa shape index (κ2) is 8.28. The van der Waals surface area contributed by atoms with E-state index in [0.717, 1.165) is 0 Å². The van der Waals surface area contributed by atoms with Gasteiger partial charge in [0.2, 0.25) is 20.0 Å². The molecule has 1 heterocycles. The maximum Gasteiger partial charge on any atom is 0.244 e. The number of piperazine rings is 1. The van der Waals surface area contributed by atoms with Crippen molar-refractivity contribution >= 4 is 66.5 Å². The Morgan fingerprint density at radius 3 is 1.64 bits per heavy atom. The molecule has 0 bridgehead atoms. The van der Waals surface area contributed by atoms with E-state index in [1.165, 1.54) is 45.0 Å². The van der Waals surface area contributed by atoms with E-state index in [-0.39, 0.29) is 51.0 Å². The van der Waals surface area contributed by atoms with Gasteiger partial charge in [0.15, 0.2) is 0 Å². The molecule has 28 heavy (non-hydrogen) atoms. The fraction of sp³-hybridized carbons (Fsp3) is 0.250. The van der Waals surface area contributed by atoms with Crippen LogP contribution >= 0.6 is 46.4 Å². The van der Waals surface area contributed by atoms with Crippen molar-refractivity contribution in [2.24, 2.45) is 0 Å². The van der Waals surface area contributed by atoms with E-state index in [4.69, 9.17) is 46.4 Å². The molecule has 1 fully saturated rings. The van der Waals surface area contributed by atoms with Gasteiger partial charge in [0.25, 0.3) is 0 Å². The molecule has 0 N–H and O–H groups in total. The summed E-state index contributed by atoms with van der Waals surface area (Å²) in [4.78, 5) is -0.0710. The van der Waals surface area contributed by atoms with E-state index >= 15 is 0 Å². The monoisotopic (exact) mass is 502 g/mol. The van der Waals surface area contributed by atoms with Crippen LogP contribution in [0, 0.1) is 0 Å². The van der Waals surface area contributed by atoms with Crippen LogP contribution in [0.5, 0.6) is 0 Å². The second-order valence-corrected chi connectivity index (χ2v) is 11.5. The van der Waals surface area contributed by atoms with Crippen molar-refractivity contribution in [2.45, 2.75) is 9.79 Å². The minimum absolute atomic E-state index is 0.00311. The molecule has 0 saturated carbocycles. The van der Waals surface area contributed by atoms with Crippen LogP contribution in [0.1, 0.15) is 0 Å². The van der Waals surface area contributed by atoms with Gasteiger partial charge in [0.05, 0.1) is 20.0 Å². The lowest BCUT2D eigenvalue weighted by atomic mass is 10.4. The molecule has 0 unspecified atom stereocenters. The average Bonchev–Trinajstić information content (AvgIpc) is 2.65. The van der Waals surface area contributed by atoms with Crippen LogP contribution in [0.15, 0.2) is 46.2 Å². The summed E-state index contributed by atoms with van der Waals surface area (Å²) in [5.74, 6) is 0. The third-order valence-corrected chi connectivity index (χ3v) is 9.49. The number of nitrogens with zero attached hydrogens (tertiary/aromatic N) is 2. The van der Waals surface area contributed by atoms with Crippen LogP contribution in [0.2, 0.25) is 20.1 Å². The maximum atomic E-state index is 12.9. The molecule has 1 saturated heterocycles. The second-order valence-electron chi connectivity index (χ2n) is 5.96. The quantitative estimate of drug-likeness (QED) is 0.591. The summed E-state index contributed by atoms with van der Waals surface area (Å²) in [6.07, 6.45) is 0. The number of halogens is 4. The van der Waals surface area contributed by atoms with Gasteiger partial charge in [0, 0.05) is 31.2 Å². The summed E-state index contributed by atoms with van der Waals surface area (Å²) >= 11 is 23.6. The minimum Gasteiger partial charge on any atom is -0.207 e. The molecule has 0 atom stereocenters. The fourth-order valence-electron chi connectivity index (χ4n) is 2.75. The highest BCUT2D eigenvalue weighted by Gasteiger charge is 2.34. The molecule has 1 aliphatic rings. The van der Waals surface area contributed by atoms with Gasteiger partial charge in [-0.25, -0.2) is 16.8 Å². The van der Waals surface area contributed by atoms with Crippen LogP contribution in [0.3, 0.4) is 0 Å². The van der Waals surface area contributed by atoms with Crippen LogP contribution in [0.4, 0.5) is 0 Å². The van der Waals surface area contributed by atoms with Crippen molar-refractivity contribution in [2.75, 3.05) is 26.2 Å². The molecule has 2 aromatic carbocycles. The topological polar surface area (TPSA) is 74.8 Å². The van der Waals surface area contributed by atoms with Gasteiger partial charge < -0.3 is 0 Å². The summed E-state index contributed by atoms with van der Waals surface area (Å²) in [5, 5.41) is 0.581. The van der Waals surface area contributed by atoms with Crippen LogP contribution in [-0.4, -0.2) is 51.6 Å². The SMILES string of the molecule is O=S(=O)(c1ccc(Cl)cc1)N1CCN(S(=O)(=O)c2cc(Cl)c(Cl)cc2Cl)CC1. The highest BCUT2D eigenvalue weighted by atomic mass is 35.5. The molecule has 152 valence electrons. The Balaban J connectivity index is 1.80. The van der Waals surface area contributed by atoms with Gasteiger partial charge in [-0.2, -0.15) is 8.61 Å². The normalized spacial score (nSPS) is 17.0. The summed E-state index contributed by atoms with van der Waals surface area (Å²) in [6, 6.07) is 8.26. The smallest absolute Gasteiger partial charge is 0.207 e. The Labute approximate surface area is 183 Å². The van der Waals surface area contributed by atoms with Crippen molar-refractivity contribution in [3.8, 4) is 0 Å². The van der Waals surface area contributed by atoms with Gasteiger partial charge in [-0.1, -0.05) is 46.4 Å². The van der Waals surface area contributed by atoms with Gasteiger partial charge >= 0.3 is 0 Å².